The Hall–Kier alpha value is -0.650. The van der Waals surface area contributed by atoms with Gasteiger partial charge in [0.2, 0.25) is 0 Å². The molecule has 0 aromatic rings. The van der Waals surface area contributed by atoms with Gasteiger partial charge in [0.05, 0.1) is 12.2 Å². The zero-order chi connectivity index (χ0) is 12.8. The van der Waals surface area contributed by atoms with Gasteiger partial charge in [-0.05, 0) is 20.3 Å². The van der Waals surface area contributed by atoms with E-state index < -0.39 is 12.0 Å². The van der Waals surface area contributed by atoms with E-state index >= 15 is 0 Å². The van der Waals surface area contributed by atoms with Gasteiger partial charge in [-0.2, -0.15) is 0 Å². The van der Waals surface area contributed by atoms with Crippen molar-refractivity contribution < 1.29 is 19.4 Å². The highest BCUT2D eigenvalue weighted by atomic mass is 16.5. The third kappa shape index (κ3) is 3.66. The highest BCUT2D eigenvalue weighted by Crippen LogP contribution is 2.20. The Kier molecular flexibility index (Phi) is 5.88. The molecule has 5 nitrogen and oxygen atoms in total. The molecule has 0 amide bonds. The Morgan fingerprint density at radius 3 is 2.00 bits per heavy atom. The second kappa shape index (κ2) is 6.93. The fourth-order valence-electron chi connectivity index (χ4n) is 2.36. The lowest BCUT2D eigenvalue weighted by Crippen LogP contribution is -2.40. The van der Waals surface area contributed by atoms with Gasteiger partial charge in [0.25, 0.3) is 0 Å². The van der Waals surface area contributed by atoms with E-state index in [9.17, 15) is 4.79 Å². The molecule has 1 fully saturated rings. The second-order valence-corrected chi connectivity index (χ2v) is 4.20. The van der Waals surface area contributed by atoms with Crippen LogP contribution in [0.25, 0.3) is 0 Å². The third-order valence-electron chi connectivity index (χ3n) is 3.12. The van der Waals surface area contributed by atoms with Crippen molar-refractivity contribution in [3.8, 4) is 0 Å². The van der Waals surface area contributed by atoms with Crippen molar-refractivity contribution in [1.29, 1.82) is 0 Å². The summed E-state index contributed by atoms with van der Waals surface area (Å²) < 4.78 is 11.2. The minimum absolute atomic E-state index is 0.00616. The summed E-state index contributed by atoms with van der Waals surface area (Å²) in [6.45, 7) is 8.33. The van der Waals surface area contributed by atoms with Crippen LogP contribution in [0.1, 0.15) is 27.2 Å². The fourth-order valence-corrected chi connectivity index (χ4v) is 2.36. The summed E-state index contributed by atoms with van der Waals surface area (Å²) in [7, 11) is 0. The Morgan fingerprint density at radius 1 is 1.24 bits per heavy atom. The summed E-state index contributed by atoms with van der Waals surface area (Å²) in [5.41, 5.74) is 0. The standard InChI is InChI=1S/C12H23NO4/c1-4-9(12(14)15)13-7-10(16-5-2)11(8-13)17-6-3/h9-11H,4-8H2,1-3H3,(H,14,15). The van der Waals surface area contributed by atoms with Gasteiger partial charge in [-0.15, -0.1) is 0 Å². The predicted molar refractivity (Wildman–Crippen MR) is 64.1 cm³/mol. The maximum absolute atomic E-state index is 11.1. The van der Waals surface area contributed by atoms with Crippen molar-refractivity contribution in [3.05, 3.63) is 0 Å². The number of hydrogen-bond donors (Lipinski definition) is 1. The first-order valence-corrected chi connectivity index (χ1v) is 6.34. The molecule has 1 heterocycles. The number of nitrogens with zero attached hydrogens (tertiary/aromatic N) is 1. The molecule has 1 N–H and O–H groups in total. The van der Waals surface area contributed by atoms with Gasteiger partial charge in [-0.3, -0.25) is 9.69 Å². The number of carboxylic acids is 1. The molecular weight excluding hydrogens is 222 g/mol. The molecule has 100 valence electrons. The number of ether oxygens (including phenoxy) is 2. The molecule has 0 radical (unpaired) electrons. The van der Waals surface area contributed by atoms with E-state index in [2.05, 4.69) is 0 Å². The van der Waals surface area contributed by atoms with Crippen molar-refractivity contribution in [2.24, 2.45) is 0 Å². The van der Waals surface area contributed by atoms with E-state index in [1.807, 2.05) is 25.7 Å². The maximum atomic E-state index is 11.1. The zero-order valence-electron chi connectivity index (χ0n) is 10.9. The van der Waals surface area contributed by atoms with Gasteiger partial charge in [-0.1, -0.05) is 6.92 Å². The number of rotatable bonds is 7. The normalized spacial score (nSPS) is 27.2. The van der Waals surface area contributed by atoms with Crippen LogP contribution in [0.15, 0.2) is 0 Å². The molecule has 0 bridgehead atoms. The molecule has 1 saturated heterocycles. The molecule has 0 aliphatic carbocycles. The first kappa shape index (κ1) is 14.4. The smallest absolute Gasteiger partial charge is 0.320 e. The molecule has 1 aliphatic rings. The summed E-state index contributed by atoms with van der Waals surface area (Å²) in [4.78, 5) is 13.1. The van der Waals surface area contributed by atoms with Crippen LogP contribution in [-0.4, -0.2) is 60.5 Å². The van der Waals surface area contributed by atoms with E-state index in [4.69, 9.17) is 14.6 Å². The molecule has 0 aromatic carbocycles. The first-order valence-electron chi connectivity index (χ1n) is 6.34. The summed E-state index contributed by atoms with van der Waals surface area (Å²) in [5, 5.41) is 9.14. The molecule has 3 unspecified atom stereocenters. The largest absolute Gasteiger partial charge is 0.480 e. The van der Waals surface area contributed by atoms with Crippen molar-refractivity contribution in [2.45, 2.75) is 45.4 Å². The van der Waals surface area contributed by atoms with Gasteiger partial charge in [0.1, 0.15) is 6.04 Å². The minimum atomic E-state index is -0.764. The van der Waals surface area contributed by atoms with Crippen LogP contribution in [0.2, 0.25) is 0 Å². The van der Waals surface area contributed by atoms with Crippen molar-refractivity contribution in [3.63, 3.8) is 0 Å². The summed E-state index contributed by atoms with van der Waals surface area (Å²) in [6, 6.07) is -0.427. The van der Waals surface area contributed by atoms with Crippen LogP contribution in [0, 0.1) is 0 Å². The van der Waals surface area contributed by atoms with E-state index in [0.717, 1.165) is 0 Å². The van der Waals surface area contributed by atoms with Crippen molar-refractivity contribution in [1.82, 2.24) is 4.90 Å². The number of carboxylic acid groups (broad SMARTS) is 1. The molecule has 1 rings (SSSR count). The van der Waals surface area contributed by atoms with Gasteiger partial charge in [0, 0.05) is 26.3 Å². The average molecular weight is 245 g/mol. The van der Waals surface area contributed by atoms with Crippen molar-refractivity contribution >= 4 is 5.97 Å². The highest BCUT2D eigenvalue weighted by Gasteiger charge is 2.38. The molecule has 0 aromatic heterocycles. The van der Waals surface area contributed by atoms with Crippen LogP contribution in [0.3, 0.4) is 0 Å². The molecular formula is C12H23NO4. The third-order valence-corrected chi connectivity index (χ3v) is 3.12. The highest BCUT2D eigenvalue weighted by molar-refractivity contribution is 5.73. The lowest BCUT2D eigenvalue weighted by Gasteiger charge is -2.22. The first-order chi connectivity index (χ1) is 8.13. The lowest BCUT2D eigenvalue weighted by atomic mass is 10.2. The molecule has 17 heavy (non-hydrogen) atoms. The van der Waals surface area contributed by atoms with Crippen molar-refractivity contribution in [2.75, 3.05) is 26.3 Å². The summed E-state index contributed by atoms with van der Waals surface area (Å²) in [5.74, 6) is -0.764. The van der Waals surface area contributed by atoms with Crippen LogP contribution >= 0.6 is 0 Å². The van der Waals surface area contributed by atoms with E-state index in [1.165, 1.54) is 0 Å². The number of likely N-dealkylation sites (tertiary alicyclic amines) is 1. The molecule has 0 spiro atoms. The topological polar surface area (TPSA) is 59.0 Å². The van der Waals surface area contributed by atoms with Gasteiger partial charge < -0.3 is 14.6 Å². The Morgan fingerprint density at radius 2 is 1.71 bits per heavy atom. The predicted octanol–water partition coefficient (Wildman–Crippen LogP) is 0.975. The lowest BCUT2D eigenvalue weighted by molar-refractivity contribution is -0.143. The Balaban J connectivity index is 2.63. The van der Waals surface area contributed by atoms with Gasteiger partial charge >= 0.3 is 5.97 Å². The van der Waals surface area contributed by atoms with Crippen LogP contribution in [0.4, 0.5) is 0 Å². The molecule has 5 heteroatoms. The van der Waals surface area contributed by atoms with Crippen LogP contribution < -0.4 is 0 Å². The maximum Gasteiger partial charge on any atom is 0.320 e. The van der Waals surface area contributed by atoms with Crippen LogP contribution in [0.5, 0.6) is 0 Å². The number of hydrogen-bond acceptors (Lipinski definition) is 4. The second-order valence-electron chi connectivity index (χ2n) is 4.20. The monoisotopic (exact) mass is 245 g/mol. The number of carbonyl (C=O) groups is 1. The van der Waals surface area contributed by atoms with E-state index in [1.54, 1.807) is 0 Å². The quantitative estimate of drug-likeness (QED) is 0.724. The fraction of sp³-hybridized carbons (Fsp3) is 0.917. The van der Waals surface area contributed by atoms with E-state index in [-0.39, 0.29) is 12.2 Å². The molecule has 0 saturated carbocycles. The van der Waals surface area contributed by atoms with E-state index in [0.29, 0.717) is 32.7 Å². The summed E-state index contributed by atoms with van der Waals surface area (Å²) >= 11 is 0. The molecule has 1 aliphatic heterocycles. The Bertz CT molecular complexity index is 233. The zero-order valence-corrected chi connectivity index (χ0v) is 10.9. The SMILES string of the molecule is CCOC1CN(C(CC)C(=O)O)CC1OCC. The Labute approximate surface area is 103 Å². The van der Waals surface area contributed by atoms with Crippen LogP contribution in [-0.2, 0) is 14.3 Å². The van der Waals surface area contributed by atoms with Gasteiger partial charge in [-0.25, -0.2) is 0 Å². The van der Waals surface area contributed by atoms with Gasteiger partial charge in [0.15, 0.2) is 0 Å². The minimum Gasteiger partial charge on any atom is -0.480 e. The summed E-state index contributed by atoms with van der Waals surface area (Å²) in [6.07, 6.45) is 0.592. The molecule has 3 atom stereocenters. The average Bonchev–Trinajstić information content (AvgIpc) is 2.63. The number of aliphatic carboxylic acids is 1.